The minimum Gasteiger partial charge on any atom is -0.481 e. The van der Waals surface area contributed by atoms with E-state index in [0.29, 0.717) is 12.3 Å². The highest BCUT2D eigenvalue weighted by molar-refractivity contribution is 7.99. The lowest BCUT2D eigenvalue weighted by atomic mass is 10.2. The molecule has 0 bridgehead atoms. The number of carboxylic acid groups (broad SMARTS) is 1. The molecular weight excluding hydrogens is 293 g/mol. The van der Waals surface area contributed by atoms with Crippen LogP contribution in [0.2, 0.25) is 0 Å². The van der Waals surface area contributed by atoms with Crippen LogP contribution in [0.4, 0.5) is 4.39 Å². The first-order valence-electron chi connectivity index (χ1n) is 6.83. The molecule has 1 aromatic carbocycles. The molecule has 21 heavy (non-hydrogen) atoms. The molecule has 0 aliphatic rings. The van der Waals surface area contributed by atoms with Crippen LogP contribution in [0.1, 0.15) is 20.3 Å². The average molecular weight is 313 g/mol. The van der Waals surface area contributed by atoms with Crippen LogP contribution in [0, 0.1) is 11.7 Å². The molecule has 116 valence electrons. The molecule has 1 aromatic rings. The quantitative estimate of drug-likeness (QED) is 0.750. The standard InChI is InChI=1S/C15H20FNO3S/c1-3-17(9-8-14(18)19)15(20)11(2)10-21-13-6-4-12(16)5-7-13/h4-7,11H,3,8-10H2,1-2H3,(H,18,19). The molecule has 0 fully saturated rings. The molecule has 1 unspecified atom stereocenters. The molecule has 0 saturated heterocycles. The van der Waals surface area contributed by atoms with Crippen molar-refractivity contribution in [2.24, 2.45) is 5.92 Å². The maximum Gasteiger partial charge on any atom is 0.305 e. The number of amides is 1. The van der Waals surface area contributed by atoms with Crippen LogP contribution in [0.15, 0.2) is 29.2 Å². The largest absolute Gasteiger partial charge is 0.481 e. The molecule has 1 N–H and O–H groups in total. The summed E-state index contributed by atoms with van der Waals surface area (Å²) >= 11 is 1.49. The van der Waals surface area contributed by atoms with E-state index in [1.807, 2.05) is 13.8 Å². The number of carboxylic acids is 1. The Morgan fingerprint density at radius 1 is 1.33 bits per heavy atom. The number of thioether (sulfide) groups is 1. The van der Waals surface area contributed by atoms with Crippen molar-refractivity contribution in [3.8, 4) is 0 Å². The third-order valence-electron chi connectivity index (χ3n) is 3.02. The Morgan fingerprint density at radius 3 is 2.48 bits per heavy atom. The van der Waals surface area contributed by atoms with Gasteiger partial charge in [-0.1, -0.05) is 6.92 Å². The van der Waals surface area contributed by atoms with Crippen molar-refractivity contribution in [1.29, 1.82) is 0 Å². The van der Waals surface area contributed by atoms with Gasteiger partial charge in [0, 0.05) is 29.7 Å². The minimum atomic E-state index is -0.908. The van der Waals surface area contributed by atoms with Crippen LogP contribution in [0.3, 0.4) is 0 Å². The summed E-state index contributed by atoms with van der Waals surface area (Å²) in [6.45, 7) is 4.38. The van der Waals surface area contributed by atoms with Gasteiger partial charge in [0.25, 0.3) is 0 Å². The zero-order valence-electron chi connectivity index (χ0n) is 12.2. The van der Waals surface area contributed by atoms with E-state index in [9.17, 15) is 14.0 Å². The zero-order valence-corrected chi connectivity index (χ0v) is 13.0. The summed E-state index contributed by atoms with van der Waals surface area (Å²) in [6.07, 6.45) is -0.0442. The van der Waals surface area contributed by atoms with E-state index in [-0.39, 0.29) is 30.6 Å². The predicted octanol–water partition coefficient (Wildman–Crippen LogP) is 2.88. The first-order valence-corrected chi connectivity index (χ1v) is 7.81. The maximum absolute atomic E-state index is 12.8. The van der Waals surface area contributed by atoms with Crippen molar-refractivity contribution in [2.45, 2.75) is 25.2 Å². The van der Waals surface area contributed by atoms with E-state index in [0.717, 1.165) is 4.90 Å². The molecule has 0 aliphatic carbocycles. The van der Waals surface area contributed by atoms with E-state index in [4.69, 9.17) is 5.11 Å². The molecule has 0 saturated carbocycles. The summed E-state index contributed by atoms with van der Waals surface area (Å²) in [6, 6.07) is 6.14. The van der Waals surface area contributed by atoms with Gasteiger partial charge in [0.15, 0.2) is 0 Å². The number of aliphatic carboxylic acids is 1. The monoisotopic (exact) mass is 313 g/mol. The first kappa shape index (κ1) is 17.5. The normalized spacial score (nSPS) is 12.0. The summed E-state index contributed by atoms with van der Waals surface area (Å²) < 4.78 is 12.8. The van der Waals surface area contributed by atoms with Crippen LogP contribution in [-0.4, -0.2) is 40.7 Å². The van der Waals surface area contributed by atoms with Gasteiger partial charge < -0.3 is 10.0 Å². The SMILES string of the molecule is CCN(CCC(=O)O)C(=O)C(C)CSc1ccc(F)cc1. The molecule has 1 atom stereocenters. The topological polar surface area (TPSA) is 57.6 Å². The minimum absolute atomic E-state index is 0.0442. The highest BCUT2D eigenvalue weighted by atomic mass is 32.2. The van der Waals surface area contributed by atoms with Crippen molar-refractivity contribution in [2.75, 3.05) is 18.8 Å². The second-order valence-corrected chi connectivity index (χ2v) is 5.82. The lowest BCUT2D eigenvalue weighted by molar-refractivity contribution is -0.139. The van der Waals surface area contributed by atoms with Gasteiger partial charge in [-0.25, -0.2) is 4.39 Å². The average Bonchev–Trinajstić information content (AvgIpc) is 2.46. The van der Waals surface area contributed by atoms with Crippen LogP contribution >= 0.6 is 11.8 Å². The molecule has 4 nitrogen and oxygen atoms in total. The Balaban J connectivity index is 2.48. The molecule has 0 spiro atoms. The van der Waals surface area contributed by atoms with Gasteiger partial charge in [-0.2, -0.15) is 0 Å². The number of carbonyl (C=O) groups is 2. The lowest BCUT2D eigenvalue weighted by Crippen LogP contribution is -2.37. The van der Waals surface area contributed by atoms with E-state index >= 15 is 0 Å². The molecule has 0 aliphatic heterocycles. The molecule has 1 amide bonds. The molecular formula is C15H20FNO3S. The third-order valence-corrected chi connectivity index (χ3v) is 4.30. The highest BCUT2D eigenvalue weighted by Crippen LogP contribution is 2.21. The fraction of sp³-hybridized carbons (Fsp3) is 0.467. The molecule has 0 radical (unpaired) electrons. The number of carbonyl (C=O) groups excluding carboxylic acids is 1. The number of halogens is 1. The second kappa shape index (κ2) is 8.67. The number of hydrogen-bond acceptors (Lipinski definition) is 3. The van der Waals surface area contributed by atoms with Gasteiger partial charge in [-0.15, -0.1) is 11.8 Å². The lowest BCUT2D eigenvalue weighted by Gasteiger charge is -2.23. The van der Waals surface area contributed by atoms with Gasteiger partial charge in [-0.3, -0.25) is 9.59 Å². The zero-order chi connectivity index (χ0) is 15.8. The van der Waals surface area contributed by atoms with Crippen LogP contribution in [0.25, 0.3) is 0 Å². The number of rotatable bonds is 8. The van der Waals surface area contributed by atoms with Crippen LogP contribution in [-0.2, 0) is 9.59 Å². The number of nitrogens with zero attached hydrogens (tertiary/aromatic N) is 1. The second-order valence-electron chi connectivity index (χ2n) is 4.73. The Labute approximate surface area is 128 Å². The Hall–Kier alpha value is -1.56. The van der Waals surface area contributed by atoms with Crippen molar-refractivity contribution in [3.05, 3.63) is 30.1 Å². The summed E-state index contributed by atoms with van der Waals surface area (Å²) in [5.41, 5.74) is 0. The van der Waals surface area contributed by atoms with Crippen molar-refractivity contribution >= 4 is 23.6 Å². The summed E-state index contributed by atoms with van der Waals surface area (Å²) in [4.78, 5) is 25.3. The molecule has 0 aromatic heterocycles. The Bertz CT molecular complexity index is 478. The molecule has 1 rings (SSSR count). The van der Waals surface area contributed by atoms with Gasteiger partial charge in [0.1, 0.15) is 5.82 Å². The Kier molecular flexibility index (Phi) is 7.22. The van der Waals surface area contributed by atoms with Crippen LogP contribution < -0.4 is 0 Å². The summed E-state index contributed by atoms with van der Waals surface area (Å²) in [7, 11) is 0. The van der Waals surface area contributed by atoms with Crippen molar-refractivity contribution in [3.63, 3.8) is 0 Å². The van der Waals surface area contributed by atoms with E-state index in [1.54, 1.807) is 17.0 Å². The maximum atomic E-state index is 12.8. The summed E-state index contributed by atoms with van der Waals surface area (Å²) in [5.74, 6) is -0.875. The fourth-order valence-corrected chi connectivity index (χ4v) is 2.70. The first-order chi connectivity index (χ1) is 9.93. The Morgan fingerprint density at radius 2 is 1.95 bits per heavy atom. The fourth-order valence-electron chi connectivity index (χ4n) is 1.79. The van der Waals surface area contributed by atoms with Crippen LogP contribution in [0.5, 0.6) is 0 Å². The van der Waals surface area contributed by atoms with E-state index < -0.39 is 5.97 Å². The van der Waals surface area contributed by atoms with Crippen molar-refractivity contribution in [1.82, 2.24) is 4.90 Å². The number of benzene rings is 1. The molecule has 0 heterocycles. The third kappa shape index (κ3) is 6.16. The van der Waals surface area contributed by atoms with Gasteiger partial charge in [0.05, 0.1) is 6.42 Å². The van der Waals surface area contributed by atoms with Gasteiger partial charge in [-0.05, 0) is 31.2 Å². The van der Waals surface area contributed by atoms with Gasteiger partial charge in [0.2, 0.25) is 5.91 Å². The highest BCUT2D eigenvalue weighted by Gasteiger charge is 2.20. The molecule has 6 heteroatoms. The van der Waals surface area contributed by atoms with Gasteiger partial charge >= 0.3 is 5.97 Å². The predicted molar refractivity (Wildman–Crippen MR) is 80.8 cm³/mol. The summed E-state index contributed by atoms with van der Waals surface area (Å²) in [5, 5.41) is 8.68. The van der Waals surface area contributed by atoms with E-state index in [1.165, 1.54) is 23.9 Å². The van der Waals surface area contributed by atoms with Crippen molar-refractivity contribution < 1.29 is 19.1 Å². The van der Waals surface area contributed by atoms with E-state index in [2.05, 4.69) is 0 Å². The smallest absolute Gasteiger partial charge is 0.305 e. The number of hydrogen-bond donors (Lipinski definition) is 1.